The lowest BCUT2D eigenvalue weighted by Gasteiger charge is -2.14. The number of hydrogen-bond acceptors (Lipinski definition) is 6. The van der Waals surface area contributed by atoms with Crippen LogP contribution in [0.2, 0.25) is 0 Å². The number of benzene rings is 2. The average Bonchev–Trinajstić information content (AvgIpc) is 2.80. The Bertz CT molecular complexity index is 1020. The van der Waals surface area contributed by atoms with Gasteiger partial charge in [-0.2, -0.15) is 0 Å². The van der Waals surface area contributed by atoms with E-state index in [4.69, 9.17) is 14.2 Å². The molecule has 0 aliphatic carbocycles. The van der Waals surface area contributed by atoms with E-state index in [1.54, 1.807) is 36.4 Å². The molecule has 8 heteroatoms. The smallest absolute Gasteiger partial charge is 0.338 e. The molecule has 0 radical (unpaired) electrons. The molecule has 176 valence electrons. The number of hydrogen-bond donors (Lipinski definition) is 2. The first-order chi connectivity index (χ1) is 15.8. The third-order valence-corrected chi connectivity index (χ3v) is 4.61. The van der Waals surface area contributed by atoms with Crippen LogP contribution in [0.15, 0.2) is 49.1 Å². The molecule has 0 bridgehead atoms. The number of para-hydroxylation sites is 1. The molecule has 33 heavy (non-hydrogen) atoms. The van der Waals surface area contributed by atoms with Gasteiger partial charge in [-0.3, -0.25) is 9.59 Å². The molecule has 0 fully saturated rings. The number of anilines is 1. The zero-order valence-electron chi connectivity index (χ0n) is 19.4. The number of esters is 1. The number of amides is 2. The fourth-order valence-corrected chi connectivity index (χ4v) is 3.05. The first-order valence-electron chi connectivity index (χ1n) is 10.5. The van der Waals surface area contributed by atoms with E-state index in [2.05, 4.69) is 17.2 Å². The molecule has 0 unspecified atom stereocenters. The van der Waals surface area contributed by atoms with Crippen LogP contribution in [0.3, 0.4) is 0 Å². The van der Waals surface area contributed by atoms with Gasteiger partial charge in [-0.1, -0.05) is 32.1 Å². The van der Waals surface area contributed by atoms with Crippen LogP contribution in [0.5, 0.6) is 11.5 Å². The Morgan fingerprint density at radius 3 is 2.45 bits per heavy atom. The largest absolute Gasteiger partial charge is 0.493 e. The Labute approximate surface area is 193 Å². The highest BCUT2D eigenvalue weighted by atomic mass is 16.5. The minimum Gasteiger partial charge on any atom is -0.493 e. The molecule has 0 aliphatic rings. The predicted molar refractivity (Wildman–Crippen MR) is 126 cm³/mol. The van der Waals surface area contributed by atoms with Crippen molar-refractivity contribution in [3.63, 3.8) is 0 Å². The number of nitrogens with one attached hydrogen (secondary N) is 2. The average molecular weight is 455 g/mol. The third-order valence-electron chi connectivity index (χ3n) is 4.61. The maximum absolute atomic E-state index is 12.6. The van der Waals surface area contributed by atoms with Gasteiger partial charge in [-0.15, -0.1) is 6.58 Å². The van der Waals surface area contributed by atoms with Crippen molar-refractivity contribution in [3.8, 4) is 11.5 Å². The van der Waals surface area contributed by atoms with E-state index in [-0.39, 0.29) is 11.5 Å². The van der Waals surface area contributed by atoms with Crippen LogP contribution in [0.1, 0.15) is 40.1 Å². The van der Waals surface area contributed by atoms with E-state index >= 15 is 0 Å². The van der Waals surface area contributed by atoms with Gasteiger partial charge in [0.1, 0.15) is 0 Å². The highest BCUT2D eigenvalue weighted by molar-refractivity contribution is 6.04. The summed E-state index contributed by atoms with van der Waals surface area (Å²) in [6, 6.07) is 9.73. The molecule has 2 rings (SSSR count). The number of methoxy groups -OCH3 is 2. The lowest BCUT2D eigenvalue weighted by Crippen LogP contribution is -2.29. The summed E-state index contributed by atoms with van der Waals surface area (Å²) >= 11 is 0. The summed E-state index contributed by atoms with van der Waals surface area (Å²) in [5.41, 5.74) is 1.57. The van der Waals surface area contributed by atoms with Crippen LogP contribution in [0.25, 0.3) is 0 Å². The van der Waals surface area contributed by atoms with E-state index in [0.717, 1.165) is 0 Å². The molecule has 2 N–H and O–H groups in total. The van der Waals surface area contributed by atoms with Gasteiger partial charge in [0.2, 0.25) is 0 Å². The summed E-state index contributed by atoms with van der Waals surface area (Å²) in [7, 11) is 2.97. The van der Waals surface area contributed by atoms with E-state index in [1.165, 1.54) is 20.3 Å². The number of rotatable bonds is 11. The Morgan fingerprint density at radius 2 is 1.82 bits per heavy atom. The van der Waals surface area contributed by atoms with Crippen LogP contribution in [0, 0.1) is 5.92 Å². The lowest BCUT2D eigenvalue weighted by molar-refractivity contribution is -0.119. The van der Waals surface area contributed by atoms with Crippen molar-refractivity contribution < 1.29 is 28.6 Å². The van der Waals surface area contributed by atoms with Crippen molar-refractivity contribution in [2.24, 2.45) is 5.92 Å². The molecular weight excluding hydrogens is 424 g/mol. The van der Waals surface area contributed by atoms with Gasteiger partial charge >= 0.3 is 5.97 Å². The van der Waals surface area contributed by atoms with Crippen molar-refractivity contribution in [1.29, 1.82) is 0 Å². The molecule has 0 saturated carbocycles. The van der Waals surface area contributed by atoms with Crippen molar-refractivity contribution >= 4 is 23.5 Å². The summed E-state index contributed by atoms with van der Waals surface area (Å²) in [6.45, 7) is 7.67. The SMILES string of the molecule is C=CCc1cc(C(=O)OCC(=O)Nc2ccccc2C(=O)NCC(C)C)cc(OC)c1OC. The van der Waals surface area contributed by atoms with Crippen LogP contribution < -0.4 is 20.1 Å². The normalized spacial score (nSPS) is 10.3. The van der Waals surface area contributed by atoms with Gasteiger partial charge in [0.05, 0.1) is 31.0 Å². The zero-order chi connectivity index (χ0) is 24.4. The standard InChI is InChI=1S/C25H30N2O6/c1-6-9-17-12-18(13-21(31-4)23(17)32-5)25(30)33-15-22(28)27-20-11-8-7-10-19(20)24(29)26-14-16(2)3/h6-8,10-13,16H,1,9,14-15H2,2-5H3,(H,26,29)(H,27,28). The minimum absolute atomic E-state index is 0.214. The second-order valence-corrected chi connectivity index (χ2v) is 7.64. The van der Waals surface area contributed by atoms with Gasteiger partial charge in [0.25, 0.3) is 11.8 Å². The number of allylic oxidation sites excluding steroid dienone is 1. The lowest BCUT2D eigenvalue weighted by atomic mass is 10.1. The maximum Gasteiger partial charge on any atom is 0.338 e. The molecule has 0 heterocycles. The van der Waals surface area contributed by atoms with Gasteiger partial charge in [0.15, 0.2) is 18.1 Å². The molecule has 2 aromatic carbocycles. The van der Waals surface area contributed by atoms with Crippen LogP contribution in [-0.2, 0) is 16.0 Å². The van der Waals surface area contributed by atoms with E-state index < -0.39 is 18.5 Å². The van der Waals surface area contributed by atoms with Crippen LogP contribution >= 0.6 is 0 Å². The van der Waals surface area contributed by atoms with E-state index in [0.29, 0.717) is 47.2 Å². The second kappa shape index (κ2) is 12.3. The van der Waals surface area contributed by atoms with Gasteiger partial charge < -0.3 is 24.8 Å². The monoisotopic (exact) mass is 454 g/mol. The van der Waals surface area contributed by atoms with Gasteiger partial charge in [-0.05, 0) is 36.6 Å². The molecule has 0 spiro atoms. The highest BCUT2D eigenvalue weighted by Crippen LogP contribution is 2.33. The summed E-state index contributed by atoms with van der Waals surface area (Å²) in [4.78, 5) is 37.4. The van der Waals surface area contributed by atoms with Gasteiger partial charge in [-0.25, -0.2) is 4.79 Å². The number of ether oxygens (including phenoxy) is 3. The third kappa shape index (κ3) is 7.10. The Balaban J connectivity index is 2.07. The van der Waals surface area contributed by atoms with Crippen molar-refractivity contribution in [2.75, 3.05) is 32.7 Å². The Kier molecular flexibility index (Phi) is 9.47. The Hall–Kier alpha value is -3.81. The first kappa shape index (κ1) is 25.5. The van der Waals surface area contributed by atoms with Crippen LogP contribution in [0.4, 0.5) is 5.69 Å². The molecule has 2 amide bonds. The highest BCUT2D eigenvalue weighted by Gasteiger charge is 2.18. The fraction of sp³-hybridized carbons (Fsp3) is 0.320. The summed E-state index contributed by atoms with van der Waals surface area (Å²) in [5.74, 6) is -0.400. The maximum atomic E-state index is 12.6. The summed E-state index contributed by atoms with van der Waals surface area (Å²) in [6.07, 6.45) is 2.13. The number of carbonyl (C=O) groups is 3. The molecule has 0 saturated heterocycles. The summed E-state index contributed by atoms with van der Waals surface area (Å²) < 4.78 is 15.8. The second-order valence-electron chi connectivity index (χ2n) is 7.64. The molecule has 0 atom stereocenters. The summed E-state index contributed by atoms with van der Waals surface area (Å²) in [5, 5.41) is 5.44. The quantitative estimate of drug-likeness (QED) is 0.397. The first-order valence-corrected chi connectivity index (χ1v) is 10.5. The van der Waals surface area contributed by atoms with Crippen molar-refractivity contribution in [2.45, 2.75) is 20.3 Å². The van der Waals surface area contributed by atoms with E-state index in [1.807, 2.05) is 13.8 Å². The Morgan fingerprint density at radius 1 is 1.09 bits per heavy atom. The molecule has 2 aromatic rings. The zero-order valence-corrected chi connectivity index (χ0v) is 19.4. The topological polar surface area (TPSA) is 103 Å². The predicted octanol–water partition coefficient (Wildman–Crippen LogP) is 3.61. The van der Waals surface area contributed by atoms with Crippen molar-refractivity contribution in [1.82, 2.24) is 5.32 Å². The molecular formula is C25H30N2O6. The molecule has 8 nitrogen and oxygen atoms in total. The molecule has 0 aliphatic heterocycles. The van der Waals surface area contributed by atoms with Gasteiger partial charge in [0, 0.05) is 12.1 Å². The van der Waals surface area contributed by atoms with Crippen molar-refractivity contribution in [3.05, 3.63) is 65.7 Å². The fourth-order valence-electron chi connectivity index (χ4n) is 3.05. The minimum atomic E-state index is -0.695. The number of carbonyl (C=O) groups excluding carboxylic acids is 3. The molecule has 0 aromatic heterocycles. The van der Waals surface area contributed by atoms with Crippen LogP contribution in [-0.4, -0.2) is 45.2 Å². The van der Waals surface area contributed by atoms with E-state index in [9.17, 15) is 14.4 Å².